The molecule has 0 bridgehead atoms. The second-order valence-electron chi connectivity index (χ2n) is 5.73. The Kier molecular flexibility index (Phi) is 7.05. The van der Waals surface area contributed by atoms with Gasteiger partial charge in [-0.2, -0.15) is 0 Å². The van der Waals surface area contributed by atoms with Crippen LogP contribution in [-0.2, 0) is 4.74 Å². The molecule has 27 heavy (non-hydrogen) atoms. The van der Waals surface area contributed by atoms with E-state index in [0.29, 0.717) is 29.4 Å². The second kappa shape index (κ2) is 9.47. The molecule has 0 spiro atoms. The molecule has 0 saturated heterocycles. The quantitative estimate of drug-likeness (QED) is 0.723. The molecule has 0 aliphatic rings. The summed E-state index contributed by atoms with van der Waals surface area (Å²) in [5.41, 5.74) is 1.86. The van der Waals surface area contributed by atoms with Crippen molar-refractivity contribution in [1.29, 1.82) is 0 Å². The summed E-state index contributed by atoms with van der Waals surface area (Å²) in [5, 5.41) is 5.59. The molecular formula is C20H24N2O5. The molecule has 0 fully saturated rings. The number of nitrogens with one attached hydrogen (secondary N) is 2. The van der Waals surface area contributed by atoms with Gasteiger partial charge in [-0.1, -0.05) is 6.07 Å². The number of carbonyl (C=O) groups is 2. The Morgan fingerprint density at radius 3 is 2.33 bits per heavy atom. The van der Waals surface area contributed by atoms with Crippen LogP contribution >= 0.6 is 0 Å². The number of esters is 1. The normalized spacial score (nSPS) is 11.3. The molecule has 0 aliphatic heterocycles. The molecule has 0 aromatic heterocycles. The summed E-state index contributed by atoms with van der Waals surface area (Å²) in [6.45, 7) is 4.31. The number of rotatable bonds is 7. The van der Waals surface area contributed by atoms with Crippen molar-refractivity contribution in [3.05, 3.63) is 53.6 Å². The van der Waals surface area contributed by atoms with Crippen LogP contribution in [0.1, 0.15) is 35.8 Å². The fourth-order valence-electron chi connectivity index (χ4n) is 2.48. The maximum atomic E-state index is 12.2. The first-order valence-corrected chi connectivity index (χ1v) is 8.55. The summed E-state index contributed by atoms with van der Waals surface area (Å²) in [6.07, 6.45) is 0. The van der Waals surface area contributed by atoms with Crippen molar-refractivity contribution < 1.29 is 23.8 Å². The summed E-state index contributed by atoms with van der Waals surface area (Å²) >= 11 is 0. The smallest absolute Gasteiger partial charge is 0.337 e. The molecule has 2 aromatic rings. The molecule has 0 saturated carbocycles. The Labute approximate surface area is 158 Å². The number of methoxy groups -OCH3 is 2. The highest BCUT2D eigenvalue weighted by atomic mass is 16.5. The molecular weight excluding hydrogens is 348 g/mol. The molecule has 2 amide bonds. The van der Waals surface area contributed by atoms with Crippen molar-refractivity contribution in [1.82, 2.24) is 5.32 Å². The van der Waals surface area contributed by atoms with E-state index >= 15 is 0 Å². The van der Waals surface area contributed by atoms with Crippen LogP contribution in [0.2, 0.25) is 0 Å². The molecule has 144 valence electrons. The monoisotopic (exact) mass is 372 g/mol. The van der Waals surface area contributed by atoms with E-state index in [4.69, 9.17) is 9.47 Å². The molecule has 0 aliphatic carbocycles. The topological polar surface area (TPSA) is 85.9 Å². The Bertz CT molecular complexity index is 789. The van der Waals surface area contributed by atoms with Gasteiger partial charge in [-0.15, -0.1) is 0 Å². The van der Waals surface area contributed by atoms with E-state index in [1.807, 2.05) is 32.0 Å². The van der Waals surface area contributed by atoms with Gasteiger partial charge in [0, 0.05) is 5.69 Å². The van der Waals surface area contributed by atoms with E-state index in [-0.39, 0.29) is 12.1 Å². The predicted octanol–water partition coefficient (Wildman–Crippen LogP) is 3.76. The fraction of sp³-hybridized carbons (Fsp3) is 0.300. The van der Waals surface area contributed by atoms with Gasteiger partial charge < -0.3 is 24.8 Å². The van der Waals surface area contributed by atoms with Crippen molar-refractivity contribution in [3.63, 3.8) is 0 Å². The summed E-state index contributed by atoms with van der Waals surface area (Å²) in [6, 6.07) is 11.4. The van der Waals surface area contributed by atoms with Crippen LogP contribution in [-0.4, -0.2) is 32.8 Å². The van der Waals surface area contributed by atoms with Crippen LogP contribution < -0.4 is 20.1 Å². The van der Waals surface area contributed by atoms with Crippen LogP contribution in [0.15, 0.2) is 42.5 Å². The van der Waals surface area contributed by atoms with Gasteiger partial charge in [0.2, 0.25) is 0 Å². The molecule has 2 aromatic carbocycles. The lowest BCUT2D eigenvalue weighted by atomic mass is 10.1. The largest absolute Gasteiger partial charge is 0.493 e. The second-order valence-corrected chi connectivity index (χ2v) is 5.73. The van der Waals surface area contributed by atoms with Gasteiger partial charge in [0.1, 0.15) is 0 Å². The third-order valence-electron chi connectivity index (χ3n) is 3.90. The maximum Gasteiger partial charge on any atom is 0.337 e. The summed E-state index contributed by atoms with van der Waals surface area (Å²) < 4.78 is 15.5. The summed E-state index contributed by atoms with van der Waals surface area (Å²) in [4.78, 5) is 23.7. The molecule has 7 nitrogen and oxygen atoms in total. The summed E-state index contributed by atoms with van der Waals surface area (Å²) in [5.74, 6) is 0.844. The lowest BCUT2D eigenvalue weighted by Gasteiger charge is -2.17. The lowest BCUT2D eigenvalue weighted by Crippen LogP contribution is -2.31. The zero-order chi connectivity index (χ0) is 19.8. The first-order chi connectivity index (χ1) is 13.0. The standard InChI is InChI=1S/C20H24N2O5/c1-5-27-17-11-8-15(12-18(17)25-3)13(2)21-20(24)22-16-9-6-14(7-10-16)19(23)26-4/h6-13H,5H2,1-4H3,(H2,21,22,24)/t13-/m0/s1. The van der Waals surface area contributed by atoms with Crippen molar-refractivity contribution >= 4 is 17.7 Å². The minimum absolute atomic E-state index is 0.246. The van der Waals surface area contributed by atoms with E-state index in [0.717, 1.165) is 5.56 Å². The molecule has 7 heteroatoms. The number of urea groups is 1. The van der Waals surface area contributed by atoms with Crippen LogP contribution in [0.4, 0.5) is 10.5 Å². The third-order valence-corrected chi connectivity index (χ3v) is 3.90. The van der Waals surface area contributed by atoms with E-state index in [2.05, 4.69) is 15.4 Å². The minimum Gasteiger partial charge on any atom is -0.493 e. The van der Waals surface area contributed by atoms with E-state index in [1.54, 1.807) is 31.4 Å². The minimum atomic E-state index is -0.427. The van der Waals surface area contributed by atoms with Gasteiger partial charge in [-0.25, -0.2) is 9.59 Å². The third kappa shape index (κ3) is 5.37. The molecule has 0 heterocycles. The number of carbonyl (C=O) groups excluding carboxylic acids is 2. The highest BCUT2D eigenvalue weighted by Gasteiger charge is 2.13. The first-order valence-electron chi connectivity index (χ1n) is 8.55. The average molecular weight is 372 g/mol. The van der Waals surface area contributed by atoms with Crippen LogP contribution in [0.25, 0.3) is 0 Å². The average Bonchev–Trinajstić information content (AvgIpc) is 2.68. The lowest BCUT2D eigenvalue weighted by molar-refractivity contribution is 0.0600. The number of benzene rings is 2. The number of anilines is 1. The van der Waals surface area contributed by atoms with Gasteiger partial charge in [0.05, 0.1) is 32.4 Å². The van der Waals surface area contributed by atoms with Gasteiger partial charge in [0.15, 0.2) is 11.5 Å². The summed E-state index contributed by atoms with van der Waals surface area (Å²) in [7, 11) is 2.89. The van der Waals surface area contributed by atoms with E-state index < -0.39 is 5.97 Å². The molecule has 0 unspecified atom stereocenters. The van der Waals surface area contributed by atoms with E-state index in [9.17, 15) is 9.59 Å². The Hall–Kier alpha value is -3.22. The molecule has 0 radical (unpaired) electrons. The number of amides is 2. The van der Waals surface area contributed by atoms with E-state index in [1.165, 1.54) is 7.11 Å². The fourth-order valence-corrected chi connectivity index (χ4v) is 2.48. The van der Waals surface area contributed by atoms with Gasteiger partial charge in [-0.05, 0) is 55.8 Å². The Morgan fingerprint density at radius 2 is 1.74 bits per heavy atom. The number of ether oxygens (including phenoxy) is 3. The molecule has 2 N–H and O–H groups in total. The van der Waals surface area contributed by atoms with Crippen LogP contribution in [0.3, 0.4) is 0 Å². The van der Waals surface area contributed by atoms with Crippen LogP contribution in [0, 0.1) is 0 Å². The molecule has 1 atom stereocenters. The van der Waals surface area contributed by atoms with Crippen molar-refractivity contribution in [2.45, 2.75) is 19.9 Å². The SMILES string of the molecule is CCOc1ccc([C@H](C)NC(=O)Nc2ccc(C(=O)OC)cc2)cc1OC. The maximum absolute atomic E-state index is 12.2. The van der Waals surface area contributed by atoms with Crippen LogP contribution in [0.5, 0.6) is 11.5 Å². The molecule has 2 rings (SSSR count). The number of hydrogen-bond donors (Lipinski definition) is 2. The van der Waals surface area contributed by atoms with Gasteiger partial charge in [-0.3, -0.25) is 0 Å². The predicted molar refractivity (Wildman–Crippen MR) is 103 cm³/mol. The van der Waals surface area contributed by atoms with Crippen molar-refractivity contribution in [3.8, 4) is 11.5 Å². The Morgan fingerprint density at radius 1 is 1.04 bits per heavy atom. The van der Waals surface area contributed by atoms with Crippen molar-refractivity contribution in [2.24, 2.45) is 0 Å². The van der Waals surface area contributed by atoms with Gasteiger partial charge >= 0.3 is 12.0 Å². The number of hydrogen-bond acceptors (Lipinski definition) is 5. The zero-order valence-electron chi connectivity index (χ0n) is 15.9. The first kappa shape index (κ1) is 20.1. The Balaban J connectivity index is 1.99. The van der Waals surface area contributed by atoms with Gasteiger partial charge in [0.25, 0.3) is 0 Å². The highest BCUT2D eigenvalue weighted by molar-refractivity contribution is 5.92. The van der Waals surface area contributed by atoms with Crippen molar-refractivity contribution in [2.75, 3.05) is 26.1 Å². The zero-order valence-corrected chi connectivity index (χ0v) is 15.9. The highest BCUT2D eigenvalue weighted by Crippen LogP contribution is 2.30.